The SMILES string of the molecule is CCN1CCN(c2ccc(CNC(=O)C3CCNCC3)cn2)CC1. The lowest BCUT2D eigenvalue weighted by Crippen LogP contribution is -2.46. The van der Waals surface area contributed by atoms with E-state index in [1.54, 1.807) is 0 Å². The largest absolute Gasteiger partial charge is 0.354 e. The molecular formula is C18H29N5O. The van der Waals surface area contributed by atoms with Crippen molar-refractivity contribution >= 4 is 11.7 Å². The quantitative estimate of drug-likeness (QED) is 0.837. The minimum absolute atomic E-state index is 0.161. The predicted molar refractivity (Wildman–Crippen MR) is 96.0 cm³/mol. The number of nitrogens with zero attached hydrogens (tertiary/aromatic N) is 3. The Morgan fingerprint density at radius 1 is 1.25 bits per heavy atom. The molecule has 0 aromatic carbocycles. The van der Waals surface area contributed by atoms with Crippen LogP contribution in [0.1, 0.15) is 25.3 Å². The van der Waals surface area contributed by atoms with Crippen LogP contribution in [-0.4, -0.2) is 61.6 Å². The summed E-state index contributed by atoms with van der Waals surface area (Å²) in [6.45, 7) is 10.1. The number of hydrogen-bond acceptors (Lipinski definition) is 5. The maximum absolute atomic E-state index is 12.2. The van der Waals surface area contributed by atoms with E-state index in [4.69, 9.17) is 0 Å². The number of pyridine rings is 1. The summed E-state index contributed by atoms with van der Waals surface area (Å²) >= 11 is 0. The molecule has 0 aliphatic carbocycles. The predicted octanol–water partition coefficient (Wildman–Crippen LogP) is 0.839. The van der Waals surface area contributed by atoms with Gasteiger partial charge in [-0.3, -0.25) is 4.79 Å². The number of nitrogens with one attached hydrogen (secondary N) is 2. The van der Waals surface area contributed by atoms with Crippen LogP contribution in [0, 0.1) is 5.92 Å². The van der Waals surface area contributed by atoms with Crippen molar-refractivity contribution in [2.45, 2.75) is 26.3 Å². The van der Waals surface area contributed by atoms with Gasteiger partial charge in [0.1, 0.15) is 5.82 Å². The van der Waals surface area contributed by atoms with E-state index in [0.29, 0.717) is 6.54 Å². The van der Waals surface area contributed by atoms with Gasteiger partial charge in [0.05, 0.1) is 0 Å². The first-order valence-electron chi connectivity index (χ1n) is 9.17. The van der Waals surface area contributed by atoms with E-state index in [2.05, 4.69) is 44.5 Å². The molecule has 0 radical (unpaired) electrons. The molecule has 24 heavy (non-hydrogen) atoms. The number of amides is 1. The maximum Gasteiger partial charge on any atom is 0.223 e. The lowest BCUT2D eigenvalue weighted by Gasteiger charge is -2.34. The molecule has 1 aromatic heterocycles. The highest BCUT2D eigenvalue weighted by atomic mass is 16.1. The lowest BCUT2D eigenvalue weighted by molar-refractivity contribution is -0.125. The van der Waals surface area contributed by atoms with E-state index < -0.39 is 0 Å². The van der Waals surface area contributed by atoms with Gasteiger partial charge in [0.15, 0.2) is 0 Å². The molecule has 6 heteroatoms. The van der Waals surface area contributed by atoms with E-state index >= 15 is 0 Å². The number of piperidine rings is 1. The van der Waals surface area contributed by atoms with Gasteiger partial charge in [-0.25, -0.2) is 4.98 Å². The molecule has 1 aromatic rings. The minimum Gasteiger partial charge on any atom is -0.354 e. The first kappa shape index (κ1) is 17.2. The number of piperazine rings is 1. The highest BCUT2D eigenvalue weighted by Crippen LogP contribution is 2.15. The monoisotopic (exact) mass is 331 g/mol. The third-order valence-corrected chi connectivity index (χ3v) is 5.13. The van der Waals surface area contributed by atoms with Crippen LogP contribution >= 0.6 is 0 Å². The topological polar surface area (TPSA) is 60.5 Å². The molecule has 0 spiro atoms. The first-order valence-corrected chi connectivity index (χ1v) is 9.17. The Morgan fingerprint density at radius 3 is 2.62 bits per heavy atom. The fourth-order valence-electron chi connectivity index (χ4n) is 3.42. The number of rotatable bonds is 5. The van der Waals surface area contributed by atoms with Crippen molar-refractivity contribution in [2.75, 3.05) is 50.7 Å². The van der Waals surface area contributed by atoms with Gasteiger partial charge in [-0.1, -0.05) is 13.0 Å². The van der Waals surface area contributed by atoms with Gasteiger partial charge in [-0.2, -0.15) is 0 Å². The van der Waals surface area contributed by atoms with Gasteiger partial charge in [-0.15, -0.1) is 0 Å². The number of anilines is 1. The second kappa shape index (κ2) is 8.44. The number of likely N-dealkylation sites (N-methyl/N-ethyl adjacent to an activating group) is 1. The second-order valence-electron chi connectivity index (χ2n) is 6.69. The van der Waals surface area contributed by atoms with Gasteiger partial charge >= 0.3 is 0 Å². The van der Waals surface area contributed by atoms with Gasteiger partial charge < -0.3 is 20.4 Å². The van der Waals surface area contributed by atoms with E-state index in [1.165, 1.54) is 0 Å². The molecule has 132 valence electrons. The molecule has 0 bridgehead atoms. The van der Waals surface area contributed by atoms with Crippen LogP contribution in [0.15, 0.2) is 18.3 Å². The summed E-state index contributed by atoms with van der Waals surface area (Å²) in [5.41, 5.74) is 1.06. The molecule has 3 heterocycles. The zero-order valence-electron chi connectivity index (χ0n) is 14.6. The van der Waals surface area contributed by atoms with Crippen molar-refractivity contribution in [3.8, 4) is 0 Å². The normalized spacial score (nSPS) is 20.1. The van der Waals surface area contributed by atoms with Crippen LogP contribution in [0.5, 0.6) is 0 Å². The van der Waals surface area contributed by atoms with Gasteiger partial charge in [-0.05, 0) is 44.1 Å². The van der Waals surface area contributed by atoms with Crippen molar-refractivity contribution in [2.24, 2.45) is 5.92 Å². The Bertz CT molecular complexity index is 519. The van der Waals surface area contributed by atoms with Crippen LogP contribution < -0.4 is 15.5 Å². The number of carbonyl (C=O) groups is 1. The number of carbonyl (C=O) groups excluding carboxylic acids is 1. The van der Waals surface area contributed by atoms with E-state index in [0.717, 1.165) is 70.0 Å². The molecule has 1 amide bonds. The standard InChI is InChI=1S/C18H29N5O/c1-2-22-9-11-23(12-10-22)17-4-3-15(13-20-17)14-21-18(24)16-5-7-19-8-6-16/h3-4,13,16,19H,2,5-12,14H2,1H3,(H,21,24). The third kappa shape index (κ3) is 4.45. The lowest BCUT2D eigenvalue weighted by atomic mass is 9.97. The van der Waals surface area contributed by atoms with Crippen molar-refractivity contribution in [1.29, 1.82) is 0 Å². The fraction of sp³-hybridized carbons (Fsp3) is 0.667. The van der Waals surface area contributed by atoms with Crippen LogP contribution in [-0.2, 0) is 11.3 Å². The van der Waals surface area contributed by atoms with E-state index in [1.807, 2.05) is 6.20 Å². The number of aromatic nitrogens is 1. The summed E-state index contributed by atoms with van der Waals surface area (Å²) in [5.74, 6) is 1.38. The maximum atomic E-state index is 12.2. The smallest absolute Gasteiger partial charge is 0.223 e. The summed E-state index contributed by atoms with van der Waals surface area (Å²) in [6.07, 6.45) is 3.77. The summed E-state index contributed by atoms with van der Waals surface area (Å²) in [6, 6.07) is 4.16. The Hall–Kier alpha value is -1.66. The summed E-state index contributed by atoms with van der Waals surface area (Å²) in [4.78, 5) is 21.6. The molecule has 2 aliphatic rings. The first-order chi connectivity index (χ1) is 11.8. The molecule has 3 rings (SSSR count). The highest BCUT2D eigenvalue weighted by molar-refractivity contribution is 5.78. The molecule has 0 unspecified atom stereocenters. The average Bonchev–Trinajstić information content (AvgIpc) is 2.67. The van der Waals surface area contributed by atoms with Crippen LogP contribution in [0.4, 0.5) is 5.82 Å². The van der Waals surface area contributed by atoms with E-state index in [9.17, 15) is 4.79 Å². The number of hydrogen-bond donors (Lipinski definition) is 2. The molecule has 0 saturated carbocycles. The molecular weight excluding hydrogens is 302 g/mol. The Kier molecular flexibility index (Phi) is 6.04. The van der Waals surface area contributed by atoms with Gasteiger partial charge in [0.2, 0.25) is 5.91 Å². The van der Waals surface area contributed by atoms with Gasteiger partial charge in [0.25, 0.3) is 0 Å². The summed E-state index contributed by atoms with van der Waals surface area (Å²) in [7, 11) is 0. The van der Waals surface area contributed by atoms with Crippen molar-refractivity contribution in [1.82, 2.24) is 20.5 Å². The summed E-state index contributed by atoms with van der Waals surface area (Å²) < 4.78 is 0. The van der Waals surface area contributed by atoms with Crippen molar-refractivity contribution in [3.63, 3.8) is 0 Å². The molecule has 2 aliphatic heterocycles. The Labute approximate surface area is 144 Å². The molecule has 2 fully saturated rings. The van der Waals surface area contributed by atoms with E-state index in [-0.39, 0.29) is 11.8 Å². The Morgan fingerprint density at radius 2 is 2.00 bits per heavy atom. The van der Waals surface area contributed by atoms with Crippen molar-refractivity contribution < 1.29 is 4.79 Å². The molecule has 2 N–H and O–H groups in total. The minimum atomic E-state index is 0.161. The average molecular weight is 331 g/mol. The van der Waals surface area contributed by atoms with Crippen LogP contribution in [0.3, 0.4) is 0 Å². The molecule has 2 saturated heterocycles. The molecule has 6 nitrogen and oxygen atoms in total. The zero-order valence-corrected chi connectivity index (χ0v) is 14.6. The third-order valence-electron chi connectivity index (χ3n) is 5.13. The Balaban J connectivity index is 1.47. The van der Waals surface area contributed by atoms with Crippen LogP contribution in [0.2, 0.25) is 0 Å². The zero-order chi connectivity index (χ0) is 16.8. The second-order valence-corrected chi connectivity index (χ2v) is 6.69. The highest BCUT2D eigenvalue weighted by Gasteiger charge is 2.20. The molecule has 0 atom stereocenters. The fourth-order valence-corrected chi connectivity index (χ4v) is 3.42. The van der Waals surface area contributed by atoms with Gasteiger partial charge in [0, 0.05) is 44.8 Å². The van der Waals surface area contributed by atoms with Crippen LogP contribution in [0.25, 0.3) is 0 Å². The van der Waals surface area contributed by atoms with Crippen molar-refractivity contribution in [3.05, 3.63) is 23.9 Å². The summed E-state index contributed by atoms with van der Waals surface area (Å²) in [5, 5.41) is 6.34.